The standard InChI is InChI=1S/C15H22N2O/c1-17-9-7-12(10-17)11-18-15-6-2-5-14-13(15)4-3-8-16-14/h2,5-6,12,16H,3-4,7-11H2,1H3. The molecule has 0 spiro atoms. The summed E-state index contributed by atoms with van der Waals surface area (Å²) in [6.07, 6.45) is 3.62. The highest BCUT2D eigenvalue weighted by atomic mass is 16.5. The molecule has 0 bridgehead atoms. The van der Waals surface area contributed by atoms with E-state index < -0.39 is 0 Å². The van der Waals surface area contributed by atoms with Gasteiger partial charge in [0.2, 0.25) is 0 Å². The molecular formula is C15H22N2O. The predicted octanol–water partition coefficient (Wildman–Crippen LogP) is 2.38. The molecular weight excluding hydrogens is 224 g/mol. The first-order chi connectivity index (χ1) is 8.83. The largest absolute Gasteiger partial charge is 0.493 e. The van der Waals surface area contributed by atoms with Crippen LogP contribution in [0.3, 0.4) is 0 Å². The maximum absolute atomic E-state index is 6.07. The molecule has 98 valence electrons. The van der Waals surface area contributed by atoms with Crippen LogP contribution in [0.25, 0.3) is 0 Å². The van der Waals surface area contributed by atoms with Crippen molar-refractivity contribution in [2.75, 3.05) is 38.6 Å². The predicted molar refractivity (Wildman–Crippen MR) is 74.4 cm³/mol. The first-order valence-electron chi connectivity index (χ1n) is 7.00. The topological polar surface area (TPSA) is 24.5 Å². The SMILES string of the molecule is CN1CCC(COc2cccc3c2CCCN3)C1. The summed E-state index contributed by atoms with van der Waals surface area (Å²) in [7, 11) is 2.19. The van der Waals surface area contributed by atoms with E-state index in [0.717, 1.165) is 25.3 Å². The van der Waals surface area contributed by atoms with Gasteiger partial charge >= 0.3 is 0 Å². The quantitative estimate of drug-likeness (QED) is 0.886. The molecule has 2 aliphatic rings. The first kappa shape index (κ1) is 11.8. The minimum Gasteiger partial charge on any atom is -0.493 e. The average molecular weight is 246 g/mol. The highest BCUT2D eigenvalue weighted by Gasteiger charge is 2.21. The summed E-state index contributed by atoms with van der Waals surface area (Å²) in [6.45, 7) is 4.33. The second-order valence-electron chi connectivity index (χ2n) is 5.54. The Morgan fingerprint density at radius 2 is 2.39 bits per heavy atom. The van der Waals surface area contributed by atoms with E-state index in [1.807, 2.05) is 0 Å². The molecule has 1 unspecified atom stereocenters. The van der Waals surface area contributed by atoms with Gasteiger partial charge in [-0.3, -0.25) is 0 Å². The molecule has 1 atom stereocenters. The van der Waals surface area contributed by atoms with Gasteiger partial charge in [0.05, 0.1) is 6.61 Å². The molecule has 1 aromatic rings. The van der Waals surface area contributed by atoms with Gasteiger partial charge in [0.15, 0.2) is 0 Å². The number of rotatable bonds is 3. The van der Waals surface area contributed by atoms with Crippen molar-refractivity contribution in [2.45, 2.75) is 19.3 Å². The van der Waals surface area contributed by atoms with Gasteiger partial charge in [-0.15, -0.1) is 0 Å². The van der Waals surface area contributed by atoms with Crippen molar-refractivity contribution in [3.8, 4) is 5.75 Å². The molecule has 3 nitrogen and oxygen atoms in total. The molecule has 2 aliphatic heterocycles. The van der Waals surface area contributed by atoms with Crippen molar-refractivity contribution in [3.63, 3.8) is 0 Å². The van der Waals surface area contributed by atoms with E-state index in [0.29, 0.717) is 5.92 Å². The number of anilines is 1. The number of nitrogens with one attached hydrogen (secondary N) is 1. The molecule has 2 heterocycles. The molecule has 1 N–H and O–H groups in total. The van der Waals surface area contributed by atoms with Crippen molar-refractivity contribution in [1.29, 1.82) is 0 Å². The Balaban J connectivity index is 1.65. The zero-order valence-corrected chi connectivity index (χ0v) is 11.1. The normalized spacial score (nSPS) is 23.5. The molecule has 1 aromatic carbocycles. The van der Waals surface area contributed by atoms with Gasteiger partial charge in [-0.2, -0.15) is 0 Å². The maximum atomic E-state index is 6.07. The number of nitrogens with zero attached hydrogens (tertiary/aromatic N) is 1. The minimum atomic E-state index is 0.697. The van der Waals surface area contributed by atoms with Gasteiger partial charge in [0.1, 0.15) is 5.75 Å². The van der Waals surface area contributed by atoms with Crippen LogP contribution in [0.5, 0.6) is 5.75 Å². The molecule has 3 heteroatoms. The van der Waals surface area contributed by atoms with E-state index in [2.05, 4.69) is 35.5 Å². The van der Waals surface area contributed by atoms with Gasteiger partial charge < -0.3 is 15.0 Å². The summed E-state index contributed by atoms with van der Waals surface area (Å²) in [6, 6.07) is 6.36. The Labute approximate surface area is 109 Å². The summed E-state index contributed by atoms with van der Waals surface area (Å²) in [5, 5.41) is 3.45. The fourth-order valence-corrected chi connectivity index (χ4v) is 2.98. The van der Waals surface area contributed by atoms with Gasteiger partial charge in [0.25, 0.3) is 0 Å². The summed E-state index contributed by atoms with van der Waals surface area (Å²) < 4.78 is 6.07. The lowest BCUT2D eigenvalue weighted by Crippen LogP contribution is -2.19. The number of fused-ring (bicyclic) bond motifs is 1. The van der Waals surface area contributed by atoms with Crippen LogP contribution in [0.1, 0.15) is 18.4 Å². The Hall–Kier alpha value is -1.22. The van der Waals surface area contributed by atoms with Crippen LogP contribution < -0.4 is 10.1 Å². The molecule has 0 amide bonds. The van der Waals surface area contributed by atoms with E-state index in [1.54, 1.807) is 0 Å². The smallest absolute Gasteiger partial charge is 0.124 e. The van der Waals surface area contributed by atoms with Gasteiger partial charge in [0, 0.05) is 30.3 Å². The van der Waals surface area contributed by atoms with E-state index in [4.69, 9.17) is 4.74 Å². The number of ether oxygens (including phenoxy) is 1. The Kier molecular flexibility index (Phi) is 3.41. The van der Waals surface area contributed by atoms with Crippen LogP contribution in [-0.2, 0) is 6.42 Å². The van der Waals surface area contributed by atoms with Crippen molar-refractivity contribution in [1.82, 2.24) is 4.90 Å². The Morgan fingerprint density at radius 3 is 3.22 bits per heavy atom. The second-order valence-corrected chi connectivity index (χ2v) is 5.54. The lowest BCUT2D eigenvalue weighted by Gasteiger charge is -2.22. The number of hydrogen-bond donors (Lipinski definition) is 1. The molecule has 1 fully saturated rings. The molecule has 0 aliphatic carbocycles. The second kappa shape index (κ2) is 5.19. The molecule has 0 radical (unpaired) electrons. The highest BCUT2D eigenvalue weighted by molar-refractivity contribution is 5.59. The lowest BCUT2D eigenvalue weighted by molar-refractivity contribution is 0.247. The third-order valence-electron chi connectivity index (χ3n) is 4.02. The maximum Gasteiger partial charge on any atom is 0.124 e. The van der Waals surface area contributed by atoms with E-state index in [-0.39, 0.29) is 0 Å². The van der Waals surface area contributed by atoms with Crippen molar-refractivity contribution >= 4 is 5.69 Å². The average Bonchev–Trinajstić information content (AvgIpc) is 2.82. The fourth-order valence-electron chi connectivity index (χ4n) is 2.98. The van der Waals surface area contributed by atoms with Crippen LogP contribution in [0.2, 0.25) is 0 Å². The monoisotopic (exact) mass is 246 g/mol. The third kappa shape index (κ3) is 2.46. The van der Waals surface area contributed by atoms with Crippen LogP contribution in [0, 0.1) is 5.92 Å². The number of benzene rings is 1. The highest BCUT2D eigenvalue weighted by Crippen LogP contribution is 2.31. The lowest BCUT2D eigenvalue weighted by atomic mass is 10.0. The van der Waals surface area contributed by atoms with E-state index >= 15 is 0 Å². The van der Waals surface area contributed by atoms with Crippen LogP contribution in [0.4, 0.5) is 5.69 Å². The van der Waals surface area contributed by atoms with Crippen molar-refractivity contribution in [2.24, 2.45) is 5.92 Å². The first-order valence-corrected chi connectivity index (χ1v) is 7.00. The number of hydrogen-bond acceptors (Lipinski definition) is 3. The molecule has 3 rings (SSSR count). The van der Waals surface area contributed by atoms with E-state index in [9.17, 15) is 0 Å². The summed E-state index contributed by atoms with van der Waals surface area (Å²) in [5.74, 6) is 1.79. The van der Waals surface area contributed by atoms with E-state index in [1.165, 1.54) is 37.2 Å². The zero-order valence-electron chi connectivity index (χ0n) is 11.1. The molecule has 1 saturated heterocycles. The van der Waals surface area contributed by atoms with Crippen LogP contribution >= 0.6 is 0 Å². The zero-order chi connectivity index (χ0) is 12.4. The molecule has 18 heavy (non-hydrogen) atoms. The summed E-state index contributed by atoms with van der Waals surface area (Å²) >= 11 is 0. The minimum absolute atomic E-state index is 0.697. The van der Waals surface area contributed by atoms with Gasteiger partial charge in [-0.05, 0) is 45.0 Å². The number of likely N-dealkylation sites (tertiary alicyclic amines) is 1. The fraction of sp³-hybridized carbons (Fsp3) is 0.600. The molecule has 0 saturated carbocycles. The summed E-state index contributed by atoms with van der Waals surface area (Å²) in [4.78, 5) is 2.38. The van der Waals surface area contributed by atoms with Crippen molar-refractivity contribution in [3.05, 3.63) is 23.8 Å². The van der Waals surface area contributed by atoms with Crippen molar-refractivity contribution < 1.29 is 4.74 Å². The van der Waals surface area contributed by atoms with Gasteiger partial charge in [-0.25, -0.2) is 0 Å². The third-order valence-corrected chi connectivity index (χ3v) is 4.02. The Morgan fingerprint density at radius 1 is 1.44 bits per heavy atom. The Bertz CT molecular complexity index is 419. The molecule has 0 aromatic heterocycles. The van der Waals surface area contributed by atoms with Crippen LogP contribution in [-0.4, -0.2) is 38.2 Å². The van der Waals surface area contributed by atoms with Crippen LogP contribution in [0.15, 0.2) is 18.2 Å². The van der Waals surface area contributed by atoms with Gasteiger partial charge in [-0.1, -0.05) is 6.07 Å². The summed E-state index contributed by atoms with van der Waals surface area (Å²) in [5.41, 5.74) is 2.64.